The van der Waals surface area contributed by atoms with Gasteiger partial charge >= 0.3 is 0 Å². The summed E-state index contributed by atoms with van der Waals surface area (Å²) in [5.41, 5.74) is 1.30. The smallest absolute Gasteiger partial charge is 0.119 e. The predicted octanol–water partition coefficient (Wildman–Crippen LogP) is 1.50. The molecule has 3 nitrogen and oxygen atoms in total. The molecule has 0 heterocycles. The highest BCUT2D eigenvalue weighted by Crippen LogP contribution is 2.23. The zero-order valence-corrected chi connectivity index (χ0v) is 8.24. The zero-order valence-electron chi connectivity index (χ0n) is 8.24. The van der Waals surface area contributed by atoms with Crippen molar-refractivity contribution in [2.24, 2.45) is 0 Å². The molecule has 0 atom stereocenters. The van der Waals surface area contributed by atoms with E-state index in [9.17, 15) is 0 Å². The SMILES string of the molecule is COc1ccc(C#N)c([C](C)CO)c1. The Morgan fingerprint density at radius 3 is 2.79 bits per heavy atom. The Morgan fingerprint density at radius 1 is 1.57 bits per heavy atom. The van der Waals surface area contributed by atoms with Crippen LogP contribution in [0.1, 0.15) is 18.1 Å². The van der Waals surface area contributed by atoms with Gasteiger partial charge < -0.3 is 9.84 Å². The molecule has 0 unspecified atom stereocenters. The van der Waals surface area contributed by atoms with Crippen molar-refractivity contribution < 1.29 is 9.84 Å². The number of methoxy groups -OCH3 is 1. The highest BCUT2D eigenvalue weighted by Gasteiger charge is 2.11. The third-order valence-corrected chi connectivity index (χ3v) is 2.04. The van der Waals surface area contributed by atoms with Crippen molar-refractivity contribution in [2.75, 3.05) is 13.7 Å². The van der Waals surface area contributed by atoms with Gasteiger partial charge in [0.1, 0.15) is 5.75 Å². The molecule has 1 aromatic rings. The van der Waals surface area contributed by atoms with Crippen LogP contribution >= 0.6 is 0 Å². The molecule has 0 saturated heterocycles. The molecular formula is C11H12NO2. The van der Waals surface area contributed by atoms with E-state index in [1.54, 1.807) is 32.2 Å². The van der Waals surface area contributed by atoms with E-state index in [0.29, 0.717) is 11.3 Å². The average Bonchev–Trinajstić information content (AvgIpc) is 2.27. The molecule has 0 aliphatic carbocycles. The van der Waals surface area contributed by atoms with Crippen molar-refractivity contribution in [3.63, 3.8) is 0 Å². The predicted molar refractivity (Wildman–Crippen MR) is 52.8 cm³/mol. The highest BCUT2D eigenvalue weighted by molar-refractivity contribution is 5.49. The summed E-state index contributed by atoms with van der Waals surface area (Å²) in [6.45, 7) is 1.73. The molecule has 1 rings (SSSR count). The van der Waals surface area contributed by atoms with Crippen LogP contribution in [-0.2, 0) is 0 Å². The molecule has 0 bridgehead atoms. The van der Waals surface area contributed by atoms with E-state index in [-0.39, 0.29) is 6.61 Å². The molecule has 0 saturated carbocycles. The first-order valence-electron chi connectivity index (χ1n) is 4.24. The highest BCUT2D eigenvalue weighted by atomic mass is 16.5. The third kappa shape index (κ3) is 2.04. The van der Waals surface area contributed by atoms with Gasteiger partial charge in [0.25, 0.3) is 0 Å². The molecular weight excluding hydrogens is 178 g/mol. The van der Waals surface area contributed by atoms with Gasteiger partial charge in [-0.05, 0) is 23.8 Å². The van der Waals surface area contributed by atoms with E-state index in [1.165, 1.54) is 0 Å². The summed E-state index contributed by atoms with van der Waals surface area (Å²) in [4.78, 5) is 0. The molecule has 0 spiro atoms. The lowest BCUT2D eigenvalue weighted by molar-refractivity contribution is 0.314. The Morgan fingerprint density at radius 2 is 2.29 bits per heavy atom. The lowest BCUT2D eigenvalue weighted by atomic mass is 9.97. The summed E-state index contributed by atoms with van der Waals surface area (Å²) < 4.78 is 5.04. The normalized spacial score (nSPS) is 9.93. The Labute approximate surface area is 83.6 Å². The largest absolute Gasteiger partial charge is 0.497 e. The standard InChI is InChI=1S/C11H12NO2/c1-8(7-13)11-5-10(14-2)4-3-9(11)6-12/h3-5,13H,7H2,1-2H3. The first-order chi connectivity index (χ1) is 6.72. The minimum Gasteiger partial charge on any atom is -0.497 e. The number of aliphatic hydroxyl groups excluding tert-OH is 1. The minimum absolute atomic E-state index is 0.0537. The number of nitrogens with zero attached hydrogens (tertiary/aromatic N) is 1. The van der Waals surface area contributed by atoms with Crippen molar-refractivity contribution in [3.8, 4) is 11.8 Å². The van der Waals surface area contributed by atoms with Gasteiger partial charge in [0, 0.05) is 5.92 Å². The number of ether oxygens (including phenoxy) is 1. The molecule has 0 fully saturated rings. The van der Waals surface area contributed by atoms with Crippen LogP contribution in [0.5, 0.6) is 5.75 Å². The molecule has 73 valence electrons. The fourth-order valence-electron chi connectivity index (χ4n) is 1.19. The second-order valence-electron chi connectivity index (χ2n) is 2.96. The second kappa shape index (κ2) is 4.64. The number of benzene rings is 1. The summed E-state index contributed by atoms with van der Waals surface area (Å²) in [6.07, 6.45) is 0. The van der Waals surface area contributed by atoms with Gasteiger partial charge in [-0.3, -0.25) is 0 Å². The van der Waals surface area contributed by atoms with Crippen LogP contribution in [0.3, 0.4) is 0 Å². The summed E-state index contributed by atoms with van der Waals surface area (Å²) in [7, 11) is 1.57. The van der Waals surface area contributed by atoms with Gasteiger partial charge in [-0.2, -0.15) is 5.26 Å². The van der Waals surface area contributed by atoms with Crippen LogP contribution in [0.25, 0.3) is 0 Å². The first-order valence-corrected chi connectivity index (χ1v) is 4.24. The molecule has 0 aliphatic rings. The van der Waals surface area contributed by atoms with Gasteiger partial charge in [-0.1, -0.05) is 6.92 Å². The quantitative estimate of drug-likeness (QED) is 0.785. The van der Waals surface area contributed by atoms with Gasteiger partial charge in [0.2, 0.25) is 0 Å². The molecule has 1 radical (unpaired) electrons. The van der Waals surface area contributed by atoms with E-state index < -0.39 is 0 Å². The third-order valence-electron chi connectivity index (χ3n) is 2.04. The zero-order chi connectivity index (χ0) is 10.6. The number of hydrogen-bond acceptors (Lipinski definition) is 3. The van der Waals surface area contributed by atoms with Crippen LogP contribution in [0.4, 0.5) is 0 Å². The van der Waals surface area contributed by atoms with Crippen LogP contribution < -0.4 is 4.74 Å². The van der Waals surface area contributed by atoms with E-state index in [0.717, 1.165) is 11.5 Å². The van der Waals surface area contributed by atoms with Crippen LogP contribution in [0, 0.1) is 17.2 Å². The number of aliphatic hydroxyl groups is 1. The molecule has 3 heteroatoms. The van der Waals surface area contributed by atoms with Crippen molar-refractivity contribution in [1.29, 1.82) is 5.26 Å². The molecule has 0 amide bonds. The molecule has 0 aliphatic heterocycles. The summed E-state index contributed by atoms with van der Waals surface area (Å²) in [6, 6.07) is 7.25. The van der Waals surface area contributed by atoms with Crippen molar-refractivity contribution in [2.45, 2.75) is 6.92 Å². The van der Waals surface area contributed by atoms with Crippen LogP contribution in [-0.4, -0.2) is 18.8 Å². The Hall–Kier alpha value is -1.53. The van der Waals surface area contributed by atoms with Crippen molar-refractivity contribution in [3.05, 3.63) is 35.2 Å². The van der Waals surface area contributed by atoms with Crippen LogP contribution in [0.15, 0.2) is 18.2 Å². The van der Waals surface area contributed by atoms with Gasteiger partial charge in [0.15, 0.2) is 0 Å². The lowest BCUT2D eigenvalue weighted by Gasteiger charge is -2.10. The second-order valence-corrected chi connectivity index (χ2v) is 2.96. The van der Waals surface area contributed by atoms with E-state index in [4.69, 9.17) is 15.1 Å². The van der Waals surface area contributed by atoms with Gasteiger partial charge in [-0.15, -0.1) is 0 Å². The number of rotatable bonds is 3. The van der Waals surface area contributed by atoms with Crippen LogP contribution in [0.2, 0.25) is 0 Å². The van der Waals surface area contributed by atoms with Crippen molar-refractivity contribution in [1.82, 2.24) is 0 Å². The van der Waals surface area contributed by atoms with Gasteiger partial charge in [0.05, 0.1) is 25.3 Å². The van der Waals surface area contributed by atoms with E-state index in [2.05, 4.69) is 6.07 Å². The molecule has 1 N–H and O–H groups in total. The monoisotopic (exact) mass is 190 g/mol. The summed E-state index contributed by atoms with van der Waals surface area (Å²) in [5.74, 6) is 1.45. The lowest BCUT2D eigenvalue weighted by Crippen LogP contribution is -2.03. The Bertz CT molecular complexity index is 355. The minimum atomic E-state index is -0.0537. The fourth-order valence-corrected chi connectivity index (χ4v) is 1.19. The summed E-state index contributed by atoms with van der Waals surface area (Å²) in [5, 5.41) is 17.8. The maximum atomic E-state index is 8.98. The maximum absolute atomic E-state index is 8.98. The first kappa shape index (κ1) is 10.6. The van der Waals surface area contributed by atoms with Crippen molar-refractivity contribution >= 4 is 0 Å². The molecule has 0 aromatic heterocycles. The topological polar surface area (TPSA) is 53.2 Å². The fraction of sp³-hybridized carbons (Fsp3) is 0.273. The van der Waals surface area contributed by atoms with Gasteiger partial charge in [-0.25, -0.2) is 0 Å². The van der Waals surface area contributed by atoms with E-state index in [1.807, 2.05) is 0 Å². The Balaban J connectivity index is 3.16. The molecule has 1 aromatic carbocycles. The van der Waals surface area contributed by atoms with E-state index >= 15 is 0 Å². The number of nitriles is 1. The Kier molecular flexibility index (Phi) is 3.49. The average molecular weight is 190 g/mol. The molecule has 14 heavy (non-hydrogen) atoms. The summed E-state index contributed by atoms with van der Waals surface area (Å²) >= 11 is 0. The number of hydrogen-bond donors (Lipinski definition) is 1. The maximum Gasteiger partial charge on any atom is 0.119 e.